The van der Waals surface area contributed by atoms with Crippen molar-refractivity contribution < 1.29 is 14.6 Å². The Labute approximate surface area is 113 Å². The van der Waals surface area contributed by atoms with E-state index in [2.05, 4.69) is 0 Å². The third kappa shape index (κ3) is 4.14. The lowest BCUT2D eigenvalue weighted by molar-refractivity contribution is -0.131. The molecule has 0 amide bonds. The summed E-state index contributed by atoms with van der Waals surface area (Å²) in [5, 5.41) is 10.7. The Hall–Kier alpha value is -2.29. The predicted molar refractivity (Wildman–Crippen MR) is 78.5 cm³/mol. The van der Waals surface area contributed by atoms with Gasteiger partial charge in [0, 0.05) is 6.08 Å². The van der Waals surface area contributed by atoms with Gasteiger partial charge in [0.15, 0.2) is 0 Å². The molecule has 0 bridgehead atoms. The fourth-order valence-electron chi connectivity index (χ4n) is 1.64. The van der Waals surface area contributed by atoms with Crippen LogP contribution in [-0.2, 0) is 4.79 Å². The van der Waals surface area contributed by atoms with Gasteiger partial charge in [-0.15, -0.1) is 0 Å². The van der Waals surface area contributed by atoms with Gasteiger partial charge < -0.3 is 9.84 Å². The second-order valence-corrected chi connectivity index (χ2v) is 3.64. The Morgan fingerprint density at radius 1 is 1.11 bits per heavy atom. The molecule has 0 saturated heterocycles. The average Bonchev–Trinajstić information content (AvgIpc) is 2.46. The second-order valence-electron chi connectivity index (χ2n) is 3.64. The van der Waals surface area contributed by atoms with Crippen LogP contribution in [0.2, 0.25) is 0 Å². The number of aliphatic carboxylic acids is 1. The van der Waals surface area contributed by atoms with Crippen molar-refractivity contribution >= 4 is 22.8 Å². The molecule has 0 aromatic heterocycles. The van der Waals surface area contributed by atoms with E-state index in [0.29, 0.717) is 0 Å². The summed E-state index contributed by atoms with van der Waals surface area (Å²) < 4.78 is 5.14. The quantitative estimate of drug-likeness (QED) is 0.847. The van der Waals surface area contributed by atoms with E-state index < -0.39 is 5.97 Å². The predicted octanol–water partition coefficient (Wildman–Crippen LogP) is 3.97. The van der Waals surface area contributed by atoms with Crippen molar-refractivity contribution in [2.45, 2.75) is 13.8 Å². The zero-order chi connectivity index (χ0) is 14.3. The van der Waals surface area contributed by atoms with E-state index in [1.165, 1.54) is 0 Å². The van der Waals surface area contributed by atoms with Crippen LogP contribution in [0.3, 0.4) is 0 Å². The summed E-state index contributed by atoms with van der Waals surface area (Å²) >= 11 is 0. The van der Waals surface area contributed by atoms with Crippen LogP contribution in [0, 0.1) is 0 Å². The van der Waals surface area contributed by atoms with Crippen LogP contribution in [-0.4, -0.2) is 18.2 Å². The van der Waals surface area contributed by atoms with Gasteiger partial charge in [0.25, 0.3) is 0 Å². The number of carbonyl (C=O) groups is 1. The highest BCUT2D eigenvalue weighted by molar-refractivity contribution is 5.89. The van der Waals surface area contributed by atoms with Crippen molar-refractivity contribution in [2.75, 3.05) is 7.11 Å². The molecule has 0 aliphatic carbocycles. The molecule has 0 aliphatic rings. The minimum atomic E-state index is -0.945. The molecule has 3 heteroatoms. The molecular weight excluding hydrogens is 240 g/mol. The van der Waals surface area contributed by atoms with E-state index in [4.69, 9.17) is 9.84 Å². The largest absolute Gasteiger partial charge is 0.497 e. The van der Waals surface area contributed by atoms with Crippen LogP contribution in [0.15, 0.2) is 42.5 Å². The lowest BCUT2D eigenvalue weighted by Crippen LogP contribution is -1.86. The summed E-state index contributed by atoms with van der Waals surface area (Å²) in [5.41, 5.74) is 0.866. The molecular formula is C16H18O3. The van der Waals surface area contributed by atoms with Crippen LogP contribution in [0.5, 0.6) is 5.75 Å². The Morgan fingerprint density at radius 2 is 1.74 bits per heavy atom. The highest BCUT2D eigenvalue weighted by Gasteiger charge is 1.97. The first-order valence-electron chi connectivity index (χ1n) is 6.18. The molecule has 2 rings (SSSR count). The molecule has 0 radical (unpaired) electrons. The highest BCUT2D eigenvalue weighted by atomic mass is 16.5. The van der Waals surface area contributed by atoms with E-state index in [-0.39, 0.29) is 0 Å². The summed E-state index contributed by atoms with van der Waals surface area (Å²) in [6, 6.07) is 11.5. The van der Waals surface area contributed by atoms with E-state index >= 15 is 0 Å². The summed E-state index contributed by atoms with van der Waals surface area (Å²) in [6.45, 7) is 4.00. The Bertz CT molecular complexity index is 586. The van der Waals surface area contributed by atoms with Gasteiger partial charge in [0.2, 0.25) is 0 Å². The Morgan fingerprint density at radius 3 is 2.37 bits per heavy atom. The minimum Gasteiger partial charge on any atom is -0.497 e. The molecule has 100 valence electrons. The zero-order valence-electron chi connectivity index (χ0n) is 11.4. The van der Waals surface area contributed by atoms with Gasteiger partial charge in [-0.25, -0.2) is 4.79 Å². The lowest BCUT2D eigenvalue weighted by Gasteiger charge is -2.03. The number of hydrogen-bond donors (Lipinski definition) is 1. The van der Waals surface area contributed by atoms with Gasteiger partial charge in [-0.3, -0.25) is 0 Å². The van der Waals surface area contributed by atoms with Gasteiger partial charge in [-0.1, -0.05) is 32.0 Å². The molecule has 2 aromatic rings. The summed E-state index contributed by atoms with van der Waals surface area (Å²) in [5.74, 6) is -0.133. The smallest absolute Gasteiger partial charge is 0.328 e. The van der Waals surface area contributed by atoms with Gasteiger partial charge in [0.05, 0.1) is 7.11 Å². The second kappa shape index (κ2) is 7.21. The summed E-state index contributed by atoms with van der Waals surface area (Å²) in [7, 11) is 1.63. The number of carboxylic acid groups (broad SMARTS) is 1. The van der Waals surface area contributed by atoms with E-state index in [9.17, 15) is 4.79 Å². The van der Waals surface area contributed by atoms with E-state index in [1.807, 2.05) is 50.2 Å². The molecule has 0 aliphatic heterocycles. The van der Waals surface area contributed by atoms with Crippen LogP contribution in [0.25, 0.3) is 16.8 Å². The standard InChI is InChI=1S/C14H12O3.C2H6/c1-17-13-6-5-11-8-10(3-7-14(15)16)2-4-12(11)9-13;1-2/h2-9H,1H3,(H,15,16);1-2H3/b7-3+;. The van der Waals surface area contributed by atoms with Crippen molar-refractivity contribution in [3.8, 4) is 5.75 Å². The Balaban J connectivity index is 0.000000861. The first kappa shape index (κ1) is 14.8. The first-order chi connectivity index (χ1) is 9.19. The summed E-state index contributed by atoms with van der Waals surface area (Å²) in [6.07, 6.45) is 2.71. The fraction of sp³-hybridized carbons (Fsp3) is 0.188. The molecule has 2 aromatic carbocycles. The molecule has 0 spiro atoms. The monoisotopic (exact) mass is 258 g/mol. The number of carboxylic acids is 1. The van der Waals surface area contributed by atoms with Crippen molar-refractivity contribution in [3.05, 3.63) is 48.0 Å². The topological polar surface area (TPSA) is 46.5 Å². The highest BCUT2D eigenvalue weighted by Crippen LogP contribution is 2.22. The normalized spacial score (nSPS) is 10.1. The molecule has 0 fully saturated rings. The zero-order valence-corrected chi connectivity index (χ0v) is 11.4. The number of fused-ring (bicyclic) bond motifs is 1. The fourth-order valence-corrected chi connectivity index (χ4v) is 1.64. The molecule has 19 heavy (non-hydrogen) atoms. The van der Waals surface area contributed by atoms with Gasteiger partial charge in [-0.2, -0.15) is 0 Å². The van der Waals surface area contributed by atoms with Crippen LogP contribution >= 0.6 is 0 Å². The van der Waals surface area contributed by atoms with Crippen molar-refractivity contribution in [1.82, 2.24) is 0 Å². The Kier molecular flexibility index (Phi) is 5.61. The van der Waals surface area contributed by atoms with Crippen LogP contribution in [0.4, 0.5) is 0 Å². The molecule has 0 saturated carbocycles. The number of methoxy groups -OCH3 is 1. The maximum absolute atomic E-state index is 10.4. The van der Waals surface area contributed by atoms with Crippen molar-refractivity contribution in [2.24, 2.45) is 0 Å². The molecule has 0 unspecified atom stereocenters. The molecule has 0 heterocycles. The van der Waals surface area contributed by atoms with E-state index in [0.717, 1.165) is 28.2 Å². The minimum absolute atomic E-state index is 0.811. The van der Waals surface area contributed by atoms with Gasteiger partial charge >= 0.3 is 5.97 Å². The van der Waals surface area contributed by atoms with Crippen molar-refractivity contribution in [3.63, 3.8) is 0 Å². The first-order valence-corrected chi connectivity index (χ1v) is 6.18. The van der Waals surface area contributed by atoms with Crippen LogP contribution in [0.1, 0.15) is 19.4 Å². The third-order valence-electron chi connectivity index (χ3n) is 2.49. The number of rotatable bonds is 3. The maximum atomic E-state index is 10.4. The molecule has 1 N–H and O–H groups in total. The average molecular weight is 258 g/mol. The number of hydrogen-bond acceptors (Lipinski definition) is 2. The van der Waals surface area contributed by atoms with E-state index in [1.54, 1.807) is 13.2 Å². The van der Waals surface area contributed by atoms with Gasteiger partial charge in [-0.05, 0) is 40.6 Å². The third-order valence-corrected chi connectivity index (χ3v) is 2.49. The SMILES string of the molecule is CC.COc1ccc2cc(/C=C/C(=O)O)ccc2c1. The molecule has 3 nitrogen and oxygen atoms in total. The summed E-state index contributed by atoms with van der Waals surface area (Å²) in [4.78, 5) is 10.4. The lowest BCUT2D eigenvalue weighted by atomic mass is 10.1. The van der Waals surface area contributed by atoms with Gasteiger partial charge in [0.1, 0.15) is 5.75 Å². The van der Waals surface area contributed by atoms with Crippen molar-refractivity contribution in [1.29, 1.82) is 0 Å². The maximum Gasteiger partial charge on any atom is 0.328 e. The van der Waals surface area contributed by atoms with Crippen LogP contribution < -0.4 is 4.74 Å². The number of ether oxygens (including phenoxy) is 1. The number of benzene rings is 2. The molecule has 0 atom stereocenters.